The first-order valence-corrected chi connectivity index (χ1v) is 14.5. The number of benzene rings is 2. The van der Waals surface area contributed by atoms with E-state index in [0.29, 0.717) is 18.0 Å². The van der Waals surface area contributed by atoms with Gasteiger partial charge in [0.15, 0.2) is 0 Å². The number of hydrogen-bond donors (Lipinski definition) is 2. The van der Waals surface area contributed by atoms with Crippen molar-refractivity contribution in [3.8, 4) is 5.75 Å². The average molecular weight is 544 g/mol. The number of anilines is 1. The highest BCUT2D eigenvalue weighted by Gasteiger charge is 2.73. The lowest BCUT2D eigenvalue weighted by molar-refractivity contribution is -0.143. The second-order valence-electron chi connectivity index (χ2n) is 11.3. The Hall–Kier alpha value is -3.65. The molecule has 3 aliphatic heterocycles. The zero-order valence-electron chi connectivity index (χ0n) is 23.0. The number of nitrogens with one attached hydrogen (secondary N) is 2. The molecule has 2 bridgehead atoms. The molecular weight excluding hydrogens is 506 g/mol. The fraction of sp³-hybridized carbons (Fsp3) is 0.469. The topological polar surface area (TPSA) is 97.0 Å². The van der Waals surface area contributed by atoms with E-state index < -0.39 is 29.6 Å². The lowest BCUT2D eigenvalue weighted by atomic mass is 9.74. The number of carbonyl (C=O) groups excluding carboxylic acids is 3. The molecule has 4 aliphatic rings. The molecule has 2 N–H and O–H groups in total. The number of fused-ring (bicyclic) bond motifs is 1. The highest BCUT2D eigenvalue weighted by molar-refractivity contribution is 6.03. The van der Waals surface area contributed by atoms with Crippen LogP contribution in [0.5, 0.6) is 5.75 Å². The summed E-state index contributed by atoms with van der Waals surface area (Å²) >= 11 is 0. The Labute approximate surface area is 235 Å². The Balaban J connectivity index is 1.31. The van der Waals surface area contributed by atoms with Crippen LogP contribution in [0.25, 0.3) is 0 Å². The second kappa shape index (κ2) is 10.7. The zero-order valence-corrected chi connectivity index (χ0v) is 23.0. The van der Waals surface area contributed by atoms with Crippen LogP contribution in [0.4, 0.5) is 5.69 Å². The van der Waals surface area contributed by atoms with Gasteiger partial charge in [0.1, 0.15) is 17.4 Å². The first kappa shape index (κ1) is 26.6. The predicted octanol–water partition coefficient (Wildman–Crippen LogP) is 4.38. The second-order valence-corrected chi connectivity index (χ2v) is 11.3. The maximum Gasteiger partial charge on any atom is 0.246 e. The number of likely N-dealkylation sites (tertiary alicyclic amines) is 1. The van der Waals surface area contributed by atoms with Crippen LogP contribution < -0.4 is 15.4 Å². The molecule has 1 saturated carbocycles. The summed E-state index contributed by atoms with van der Waals surface area (Å²) in [5, 5.41) is 6.22. The van der Waals surface area contributed by atoms with Crippen LogP contribution in [0.3, 0.4) is 0 Å². The van der Waals surface area contributed by atoms with E-state index in [1.165, 1.54) is 6.42 Å². The normalized spacial score (nSPS) is 29.8. The van der Waals surface area contributed by atoms with Crippen molar-refractivity contribution in [2.45, 2.75) is 75.8 Å². The molecule has 6 rings (SSSR count). The molecule has 8 heteroatoms. The Bertz CT molecular complexity index is 1290. The maximum atomic E-state index is 14.3. The molecule has 6 atom stereocenters. The predicted molar refractivity (Wildman–Crippen MR) is 150 cm³/mol. The molecule has 210 valence electrons. The van der Waals surface area contributed by atoms with Crippen LogP contribution in [-0.4, -0.2) is 53.0 Å². The summed E-state index contributed by atoms with van der Waals surface area (Å²) in [6, 6.07) is 15.7. The molecule has 3 fully saturated rings. The van der Waals surface area contributed by atoms with Crippen molar-refractivity contribution in [2.75, 3.05) is 11.9 Å². The van der Waals surface area contributed by atoms with Crippen molar-refractivity contribution >= 4 is 23.4 Å². The van der Waals surface area contributed by atoms with Gasteiger partial charge in [0, 0.05) is 11.7 Å². The molecule has 1 spiro atoms. The number of amides is 3. The summed E-state index contributed by atoms with van der Waals surface area (Å²) in [4.78, 5) is 43.7. The van der Waals surface area contributed by atoms with Gasteiger partial charge in [-0.05, 0) is 56.5 Å². The van der Waals surface area contributed by atoms with Gasteiger partial charge in [0.25, 0.3) is 0 Å². The van der Waals surface area contributed by atoms with Gasteiger partial charge >= 0.3 is 0 Å². The molecule has 0 aromatic heterocycles. The monoisotopic (exact) mass is 543 g/mol. The summed E-state index contributed by atoms with van der Waals surface area (Å²) in [6.45, 7) is 4.41. The average Bonchev–Trinajstić information content (AvgIpc) is 3.62. The third-order valence-electron chi connectivity index (χ3n) is 8.95. The molecule has 3 amide bonds. The van der Waals surface area contributed by atoms with Gasteiger partial charge < -0.3 is 25.0 Å². The molecular formula is C32H37N3O5. The summed E-state index contributed by atoms with van der Waals surface area (Å²) in [6.07, 6.45) is 8.35. The van der Waals surface area contributed by atoms with Gasteiger partial charge in [-0.15, -0.1) is 0 Å². The van der Waals surface area contributed by atoms with Crippen molar-refractivity contribution in [1.82, 2.24) is 10.2 Å². The van der Waals surface area contributed by atoms with E-state index in [-0.39, 0.29) is 29.8 Å². The standard InChI is InChI=1S/C32H37N3O5/c1-3-39-24-16-14-23(15-17-24)33-29(36)26-25-18-19-32(40-25)27(26)31(38)35(20(2)21-10-6-4-7-11-21)28(32)30(37)34-22-12-8-5-9-13-22/h4,6-7,10-11,14-20,22,25-28H,3,5,8-9,12-13H2,1-2H3,(H,33,36)(H,34,37)/t20-,25+,26-,27+,28-,32+/m1/s1. The van der Waals surface area contributed by atoms with E-state index in [1.807, 2.05) is 56.3 Å². The maximum absolute atomic E-state index is 14.3. The minimum absolute atomic E-state index is 0.0852. The lowest BCUT2D eigenvalue weighted by Crippen LogP contribution is -2.56. The van der Waals surface area contributed by atoms with Gasteiger partial charge in [0.2, 0.25) is 17.7 Å². The Kier molecular flexibility index (Phi) is 7.13. The van der Waals surface area contributed by atoms with Crippen LogP contribution in [0.1, 0.15) is 57.6 Å². The van der Waals surface area contributed by atoms with Crippen molar-refractivity contribution < 1.29 is 23.9 Å². The Morgan fingerprint density at radius 2 is 1.77 bits per heavy atom. The third-order valence-corrected chi connectivity index (χ3v) is 8.95. The first-order chi connectivity index (χ1) is 19.4. The lowest BCUT2D eigenvalue weighted by Gasteiger charge is -2.37. The van der Waals surface area contributed by atoms with Gasteiger partial charge in [-0.3, -0.25) is 14.4 Å². The fourth-order valence-corrected chi connectivity index (χ4v) is 7.07. The van der Waals surface area contributed by atoms with E-state index in [1.54, 1.807) is 29.2 Å². The highest BCUT2D eigenvalue weighted by atomic mass is 16.5. The largest absolute Gasteiger partial charge is 0.494 e. The smallest absolute Gasteiger partial charge is 0.246 e. The minimum atomic E-state index is -1.19. The van der Waals surface area contributed by atoms with E-state index in [9.17, 15) is 14.4 Å². The number of nitrogens with zero attached hydrogens (tertiary/aromatic N) is 1. The SMILES string of the molecule is CCOc1ccc(NC(=O)[C@@H]2[C@@H]3C=C[C@]4(O3)[C@@H]2C(=O)N([C@H](C)c2ccccc2)[C@@H]4C(=O)NC2CCCCC2)cc1. The summed E-state index contributed by atoms with van der Waals surface area (Å²) in [5.41, 5.74) is 0.349. The molecule has 2 saturated heterocycles. The Morgan fingerprint density at radius 3 is 2.48 bits per heavy atom. The number of carbonyl (C=O) groups is 3. The molecule has 2 aromatic rings. The zero-order chi connectivity index (χ0) is 27.9. The molecule has 40 heavy (non-hydrogen) atoms. The number of ether oxygens (including phenoxy) is 2. The number of rotatable bonds is 8. The molecule has 8 nitrogen and oxygen atoms in total. The van der Waals surface area contributed by atoms with Crippen LogP contribution in [-0.2, 0) is 19.1 Å². The van der Waals surface area contributed by atoms with Gasteiger partial charge in [0.05, 0.1) is 30.6 Å². The summed E-state index contributed by atoms with van der Waals surface area (Å²) in [5.74, 6) is -1.55. The summed E-state index contributed by atoms with van der Waals surface area (Å²) in [7, 11) is 0. The fourth-order valence-electron chi connectivity index (χ4n) is 7.07. The van der Waals surface area contributed by atoms with E-state index in [2.05, 4.69) is 10.6 Å². The van der Waals surface area contributed by atoms with Crippen LogP contribution in [0, 0.1) is 11.8 Å². The molecule has 2 aromatic carbocycles. The Morgan fingerprint density at radius 1 is 1.05 bits per heavy atom. The van der Waals surface area contributed by atoms with Crippen molar-refractivity contribution in [2.24, 2.45) is 11.8 Å². The van der Waals surface area contributed by atoms with Crippen LogP contribution in [0.2, 0.25) is 0 Å². The van der Waals surface area contributed by atoms with Crippen molar-refractivity contribution in [3.63, 3.8) is 0 Å². The van der Waals surface area contributed by atoms with E-state index in [4.69, 9.17) is 9.47 Å². The van der Waals surface area contributed by atoms with Gasteiger partial charge in [-0.2, -0.15) is 0 Å². The van der Waals surface area contributed by atoms with E-state index in [0.717, 1.165) is 31.2 Å². The third kappa shape index (κ3) is 4.48. The molecule has 3 heterocycles. The molecule has 0 radical (unpaired) electrons. The minimum Gasteiger partial charge on any atom is -0.494 e. The first-order valence-electron chi connectivity index (χ1n) is 14.5. The van der Waals surface area contributed by atoms with Crippen molar-refractivity contribution in [3.05, 3.63) is 72.3 Å². The summed E-state index contributed by atoms with van der Waals surface area (Å²) < 4.78 is 12.0. The number of hydrogen-bond acceptors (Lipinski definition) is 5. The molecule has 0 unspecified atom stereocenters. The highest BCUT2D eigenvalue weighted by Crippen LogP contribution is 2.56. The van der Waals surface area contributed by atoms with Crippen LogP contribution in [0.15, 0.2) is 66.7 Å². The molecule has 1 aliphatic carbocycles. The van der Waals surface area contributed by atoms with Crippen molar-refractivity contribution in [1.29, 1.82) is 0 Å². The van der Waals surface area contributed by atoms with Gasteiger partial charge in [-0.25, -0.2) is 0 Å². The van der Waals surface area contributed by atoms with Gasteiger partial charge in [-0.1, -0.05) is 61.7 Å². The van der Waals surface area contributed by atoms with Crippen LogP contribution >= 0.6 is 0 Å². The quantitative estimate of drug-likeness (QED) is 0.482. The van der Waals surface area contributed by atoms with E-state index >= 15 is 0 Å².